The van der Waals surface area contributed by atoms with Crippen molar-refractivity contribution in [1.82, 2.24) is 0 Å². The smallest absolute Gasteiger partial charge is 0.306 e. The molecule has 0 bridgehead atoms. The molecule has 0 N–H and O–H groups in total. The average Bonchev–Trinajstić information content (AvgIpc) is 3.30. The molecule has 10 heteroatoms. The number of esters is 2. The SMILES string of the molecule is CC/C=C\C/C=C\C/C=C\C/C=C\C/C=C\CCCC(=O)OC(COC(=O)CCCCCCCCCCCCCCCCCCCCCCCCCCCCC)COP(=O)([O-])OCC[N+](C)(C)C. The quantitative estimate of drug-likeness (QED) is 0.0195. The van der Waals surface area contributed by atoms with Crippen LogP contribution in [-0.2, 0) is 32.7 Å². The fourth-order valence-corrected chi connectivity index (χ4v) is 8.48. The Labute approximate surface area is 419 Å². The van der Waals surface area contributed by atoms with Crippen LogP contribution < -0.4 is 4.89 Å². The lowest BCUT2D eigenvalue weighted by Gasteiger charge is -2.28. The van der Waals surface area contributed by atoms with E-state index in [1.54, 1.807) is 0 Å². The summed E-state index contributed by atoms with van der Waals surface area (Å²) in [5.74, 6) is -0.896. The molecule has 0 spiro atoms. The number of likely N-dealkylation sites (N-methyl/N-ethyl adjacent to an activating group) is 1. The Balaban J connectivity index is 4.16. The first-order chi connectivity index (χ1) is 33.0. The molecule has 0 aromatic carbocycles. The summed E-state index contributed by atoms with van der Waals surface area (Å²) in [6.07, 6.45) is 62.9. The van der Waals surface area contributed by atoms with E-state index in [-0.39, 0.29) is 26.1 Å². The molecule has 2 atom stereocenters. The first kappa shape index (κ1) is 65.7. The number of phosphoric acid groups is 1. The Morgan fingerprint density at radius 3 is 1.24 bits per heavy atom. The van der Waals surface area contributed by atoms with E-state index in [0.717, 1.165) is 51.4 Å². The van der Waals surface area contributed by atoms with E-state index in [2.05, 4.69) is 68.5 Å². The lowest BCUT2D eigenvalue weighted by Crippen LogP contribution is -2.37. The van der Waals surface area contributed by atoms with Crippen molar-refractivity contribution in [2.24, 2.45) is 0 Å². The van der Waals surface area contributed by atoms with Crippen LogP contribution in [0.15, 0.2) is 60.8 Å². The third-order valence-electron chi connectivity index (χ3n) is 12.1. The van der Waals surface area contributed by atoms with E-state index < -0.39 is 32.5 Å². The zero-order valence-electron chi connectivity index (χ0n) is 44.8. The van der Waals surface area contributed by atoms with Gasteiger partial charge in [-0.25, -0.2) is 0 Å². The fourth-order valence-electron chi connectivity index (χ4n) is 7.75. The van der Waals surface area contributed by atoms with Crippen LogP contribution in [-0.4, -0.2) is 70.0 Å². The minimum Gasteiger partial charge on any atom is -0.756 e. The molecule has 9 nitrogen and oxygen atoms in total. The van der Waals surface area contributed by atoms with Crippen LogP contribution in [0.25, 0.3) is 0 Å². The molecule has 0 amide bonds. The van der Waals surface area contributed by atoms with E-state index in [9.17, 15) is 19.0 Å². The van der Waals surface area contributed by atoms with E-state index in [4.69, 9.17) is 18.5 Å². The highest BCUT2D eigenvalue weighted by atomic mass is 31.2. The summed E-state index contributed by atoms with van der Waals surface area (Å²) in [6, 6.07) is 0. The van der Waals surface area contributed by atoms with Crippen LogP contribution in [0.3, 0.4) is 0 Å². The zero-order valence-corrected chi connectivity index (χ0v) is 45.7. The zero-order chi connectivity index (χ0) is 49.9. The highest BCUT2D eigenvalue weighted by Crippen LogP contribution is 2.38. The van der Waals surface area contributed by atoms with Gasteiger partial charge in [0, 0.05) is 12.8 Å². The predicted octanol–water partition coefficient (Wildman–Crippen LogP) is 16.5. The van der Waals surface area contributed by atoms with Gasteiger partial charge in [0.1, 0.15) is 19.8 Å². The number of carbonyl (C=O) groups is 2. The molecule has 0 saturated heterocycles. The van der Waals surface area contributed by atoms with Crippen LogP contribution in [0, 0.1) is 0 Å². The largest absolute Gasteiger partial charge is 0.756 e. The third-order valence-corrected chi connectivity index (χ3v) is 13.0. The summed E-state index contributed by atoms with van der Waals surface area (Å²) < 4.78 is 34.0. The monoisotopic (exact) mass is 976 g/mol. The highest BCUT2D eigenvalue weighted by molar-refractivity contribution is 7.45. The van der Waals surface area contributed by atoms with Crippen LogP contribution in [0.1, 0.15) is 245 Å². The average molecular weight is 976 g/mol. The van der Waals surface area contributed by atoms with E-state index >= 15 is 0 Å². The number of hydrogen-bond donors (Lipinski definition) is 0. The number of ether oxygens (including phenoxy) is 2. The molecule has 0 heterocycles. The van der Waals surface area contributed by atoms with Gasteiger partial charge in [-0.3, -0.25) is 14.2 Å². The van der Waals surface area contributed by atoms with Gasteiger partial charge in [0.25, 0.3) is 7.82 Å². The molecule has 0 aliphatic heterocycles. The van der Waals surface area contributed by atoms with Gasteiger partial charge in [0.2, 0.25) is 0 Å². The van der Waals surface area contributed by atoms with Crippen molar-refractivity contribution in [2.75, 3.05) is 47.5 Å². The third kappa shape index (κ3) is 53.1. The van der Waals surface area contributed by atoms with Crippen molar-refractivity contribution >= 4 is 19.8 Å². The summed E-state index contributed by atoms with van der Waals surface area (Å²) in [4.78, 5) is 37.7. The van der Waals surface area contributed by atoms with Gasteiger partial charge in [-0.1, -0.05) is 242 Å². The molecule has 0 saturated carbocycles. The summed E-state index contributed by atoms with van der Waals surface area (Å²) in [6.45, 7) is 4.08. The molecule has 0 rings (SSSR count). The molecule has 0 aliphatic rings. The molecular weight excluding hydrogens is 870 g/mol. The van der Waals surface area contributed by atoms with Crippen LogP contribution >= 0.6 is 7.82 Å². The molecule has 0 aromatic heterocycles. The van der Waals surface area contributed by atoms with E-state index in [1.807, 2.05) is 27.2 Å². The molecule has 0 aromatic rings. The van der Waals surface area contributed by atoms with Crippen molar-refractivity contribution < 1.29 is 42.1 Å². The van der Waals surface area contributed by atoms with Crippen molar-refractivity contribution in [1.29, 1.82) is 0 Å². The topological polar surface area (TPSA) is 111 Å². The molecule has 0 aliphatic carbocycles. The van der Waals surface area contributed by atoms with E-state index in [0.29, 0.717) is 23.9 Å². The first-order valence-corrected chi connectivity index (χ1v) is 29.5. The molecule has 2 unspecified atom stereocenters. The number of quaternary nitrogens is 1. The minimum absolute atomic E-state index is 0.0425. The van der Waals surface area contributed by atoms with Gasteiger partial charge in [0.15, 0.2) is 6.10 Å². The number of rotatable bonds is 51. The highest BCUT2D eigenvalue weighted by Gasteiger charge is 2.21. The fraction of sp³-hybridized carbons (Fsp3) is 0.793. The minimum atomic E-state index is -4.65. The number of unbranched alkanes of at least 4 members (excludes halogenated alkanes) is 27. The van der Waals surface area contributed by atoms with Crippen LogP contribution in [0.4, 0.5) is 0 Å². The lowest BCUT2D eigenvalue weighted by molar-refractivity contribution is -0.870. The van der Waals surface area contributed by atoms with Crippen molar-refractivity contribution in [3.05, 3.63) is 60.8 Å². The maximum Gasteiger partial charge on any atom is 0.306 e. The Morgan fingerprint density at radius 1 is 0.471 bits per heavy atom. The van der Waals surface area contributed by atoms with Gasteiger partial charge in [-0.2, -0.15) is 0 Å². The van der Waals surface area contributed by atoms with Gasteiger partial charge < -0.3 is 27.9 Å². The number of carbonyl (C=O) groups excluding carboxylic acids is 2. The van der Waals surface area contributed by atoms with Gasteiger partial charge in [-0.15, -0.1) is 0 Å². The number of nitrogens with zero attached hydrogens (tertiary/aromatic N) is 1. The van der Waals surface area contributed by atoms with Crippen LogP contribution in [0.2, 0.25) is 0 Å². The normalized spacial score (nSPS) is 13.8. The van der Waals surface area contributed by atoms with Gasteiger partial charge >= 0.3 is 11.9 Å². The number of phosphoric ester groups is 1. The first-order valence-electron chi connectivity index (χ1n) is 28.0. The molecule has 68 heavy (non-hydrogen) atoms. The van der Waals surface area contributed by atoms with E-state index in [1.165, 1.54) is 154 Å². The maximum absolute atomic E-state index is 12.7. The molecule has 0 fully saturated rings. The second-order valence-corrected chi connectivity index (χ2v) is 21.3. The maximum atomic E-state index is 12.7. The summed E-state index contributed by atoms with van der Waals surface area (Å²) >= 11 is 0. The van der Waals surface area contributed by atoms with Gasteiger partial charge in [0.05, 0.1) is 27.7 Å². The summed E-state index contributed by atoms with van der Waals surface area (Å²) in [7, 11) is 1.13. The Kier molecular flexibility index (Phi) is 48.0. The molecule has 0 radical (unpaired) electrons. The Bertz CT molecular complexity index is 1340. The summed E-state index contributed by atoms with van der Waals surface area (Å²) in [5, 5.41) is 0. The van der Waals surface area contributed by atoms with Crippen molar-refractivity contribution in [3.63, 3.8) is 0 Å². The Morgan fingerprint density at radius 2 is 0.838 bits per heavy atom. The molecule has 396 valence electrons. The summed E-state index contributed by atoms with van der Waals surface area (Å²) in [5.41, 5.74) is 0. The second kappa shape index (κ2) is 49.7. The molecular formula is C58H106NO8P. The van der Waals surface area contributed by atoms with Gasteiger partial charge in [-0.05, 0) is 51.4 Å². The lowest BCUT2D eigenvalue weighted by atomic mass is 10.0. The Hall–Kier alpha value is -2.29. The number of allylic oxidation sites excluding steroid dienone is 10. The van der Waals surface area contributed by atoms with Crippen LogP contribution in [0.5, 0.6) is 0 Å². The predicted molar refractivity (Wildman–Crippen MR) is 287 cm³/mol. The van der Waals surface area contributed by atoms with Crippen molar-refractivity contribution in [2.45, 2.75) is 251 Å². The van der Waals surface area contributed by atoms with Crippen molar-refractivity contribution in [3.8, 4) is 0 Å². The number of hydrogen-bond acceptors (Lipinski definition) is 8. The second-order valence-electron chi connectivity index (χ2n) is 19.9. The standard InChI is InChI=1S/C58H106NO8P/c1-6-8-10-12-14-16-18-20-22-24-25-26-27-28-29-30-31-32-33-35-36-38-40-42-44-46-48-50-57(60)64-54-56(55-66-68(62,63)65-53-52-59(3,4)5)67-58(61)51-49-47-45-43-41-39-37-34-23-21-19-17-15-13-11-9-7-2/h9,11,15,17,21,23,37,39,43,45,56H,6-8,10,12-14,16,18-20,22,24-36,38,40-42,44,46-55H2,1-5H3/b11-9-,17-15-,23-21-,39-37-,45-43-.